The molecular formula is C16H22F3NO3. The highest BCUT2D eigenvalue weighted by molar-refractivity contribution is 5.35. The van der Waals surface area contributed by atoms with Crippen molar-refractivity contribution in [2.24, 2.45) is 5.92 Å². The molecule has 1 fully saturated rings. The van der Waals surface area contributed by atoms with Crippen molar-refractivity contribution in [3.63, 3.8) is 0 Å². The summed E-state index contributed by atoms with van der Waals surface area (Å²) in [6.45, 7) is 3.20. The minimum atomic E-state index is -4.49. The van der Waals surface area contributed by atoms with Gasteiger partial charge >= 0.3 is 6.18 Å². The van der Waals surface area contributed by atoms with E-state index in [0.717, 1.165) is 19.0 Å². The number of para-hydroxylation sites is 1. The molecular weight excluding hydrogens is 311 g/mol. The fraction of sp³-hybridized carbons (Fsp3) is 0.625. The van der Waals surface area contributed by atoms with Crippen LogP contribution < -0.4 is 4.74 Å². The zero-order chi connectivity index (χ0) is 17.0. The molecule has 0 aliphatic carbocycles. The maximum absolute atomic E-state index is 12.8. The van der Waals surface area contributed by atoms with E-state index in [4.69, 9.17) is 4.74 Å². The third kappa shape index (κ3) is 5.09. The number of aliphatic hydroxyl groups is 2. The Kier molecular flexibility index (Phi) is 5.89. The first kappa shape index (κ1) is 18.0. The molecule has 4 nitrogen and oxygen atoms in total. The van der Waals surface area contributed by atoms with E-state index >= 15 is 0 Å². The number of likely N-dealkylation sites (tertiary alicyclic amines) is 1. The summed E-state index contributed by atoms with van der Waals surface area (Å²) in [6.07, 6.45) is -5.03. The summed E-state index contributed by atoms with van der Waals surface area (Å²) in [7, 11) is 0. The Labute approximate surface area is 133 Å². The minimum Gasteiger partial charge on any atom is -0.490 e. The van der Waals surface area contributed by atoms with Crippen LogP contribution in [-0.4, -0.2) is 53.6 Å². The molecule has 1 aromatic rings. The number of hydrogen-bond donors (Lipinski definition) is 2. The van der Waals surface area contributed by atoms with E-state index in [9.17, 15) is 23.4 Å². The maximum Gasteiger partial charge on any atom is 0.419 e. The monoisotopic (exact) mass is 333 g/mol. The quantitative estimate of drug-likeness (QED) is 0.867. The number of rotatable bonds is 5. The van der Waals surface area contributed by atoms with Crippen molar-refractivity contribution in [3.05, 3.63) is 29.8 Å². The van der Waals surface area contributed by atoms with Gasteiger partial charge in [0.25, 0.3) is 0 Å². The molecule has 130 valence electrons. The van der Waals surface area contributed by atoms with Gasteiger partial charge in [0, 0.05) is 13.1 Å². The van der Waals surface area contributed by atoms with Crippen molar-refractivity contribution in [2.75, 3.05) is 26.2 Å². The van der Waals surface area contributed by atoms with Gasteiger partial charge in [-0.15, -0.1) is 0 Å². The van der Waals surface area contributed by atoms with Gasteiger partial charge in [-0.2, -0.15) is 13.2 Å². The number of aliphatic hydroxyl groups excluding tert-OH is 2. The van der Waals surface area contributed by atoms with Crippen LogP contribution in [-0.2, 0) is 6.18 Å². The molecule has 1 heterocycles. The predicted octanol–water partition coefficient (Wildman–Crippen LogP) is 2.15. The molecule has 3 unspecified atom stereocenters. The molecule has 7 heteroatoms. The van der Waals surface area contributed by atoms with Crippen LogP contribution >= 0.6 is 0 Å². The van der Waals surface area contributed by atoms with E-state index in [1.165, 1.54) is 18.2 Å². The van der Waals surface area contributed by atoms with E-state index < -0.39 is 23.9 Å². The predicted molar refractivity (Wildman–Crippen MR) is 79.2 cm³/mol. The fourth-order valence-electron chi connectivity index (χ4n) is 2.64. The lowest BCUT2D eigenvalue weighted by molar-refractivity contribution is -0.139. The highest BCUT2D eigenvalue weighted by Crippen LogP contribution is 2.35. The molecule has 0 bridgehead atoms. The van der Waals surface area contributed by atoms with Crippen molar-refractivity contribution in [1.29, 1.82) is 0 Å². The number of hydrogen-bond acceptors (Lipinski definition) is 4. The second kappa shape index (κ2) is 7.51. The summed E-state index contributed by atoms with van der Waals surface area (Å²) >= 11 is 0. The van der Waals surface area contributed by atoms with Crippen LogP contribution in [0.15, 0.2) is 24.3 Å². The molecule has 1 aromatic carbocycles. The first-order valence-corrected chi connectivity index (χ1v) is 7.65. The molecule has 2 rings (SSSR count). The number of nitrogens with zero attached hydrogens (tertiary/aromatic N) is 1. The lowest BCUT2D eigenvalue weighted by Gasteiger charge is -2.35. The van der Waals surface area contributed by atoms with E-state index in [1.807, 2.05) is 11.8 Å². The standard InChI is InChI=1S/C16H22F3NO3/c1-11-6-7-20(9-14(11)22)8-12(21)10-23-15-5-3-2-4-13(15)16(17,18)19/h2-5,11-12,14,21-22H,6-10H2,1H3. The van der Waals surface area contributed by atoms with Gasteiger partial charge in [-0.25, -0.2) is 0 Å². The Bertz CT molecular complexity index is 510. The smallest absolute Gasteiger partial charge is 0.419 e. The van der Waals surface area contributed by atoms with Crippen molar-refractivity contribution in [2.45, 2.75) is 31.7 Å². The summed E-state index contributed by atoms with van der Waals surface area (Å²) in [5.41, 5.74) is -0.852. The second-order valence-electron chi connectivity index (χ2n) is 6.05. The molecule has 0 saturated carbocycles. The fourth-order valence-corrected chi connectivity index (χ4v) is 2.64. The van der Waals surface area contributed by atoms with Crippen LogP contribution in [0.5, 0.6) is 5.75 Å². The van der Waals surface area contributed by atoms with Gasteiger partial charge in [0.2, 0.25) is 0 Å². The third-order valence-electron chi connectivity index (χ3n) is 4.10. The minimum absolute atomic E-state index is 0.221. The number of halogens is 3. The normalized spacial score (nSPS) is 24.4. The summed E-state index contributed by atoms with van der Waals surface area (Å²) in [5, 5.41) is 19.8. The molecule has 0 radical (unpaired) electrons. The van der Waals surface area contributed by atoms with Crippen LogP contribution in [0.2, 0.25) is 0 Å². The lowest BCUT2D eigenvalue weighted by Crippen LogP contribution is -2.46. The van der Waals surface area contributed by atoms with Crippen LogP contribution in [0.3, 0.4) is 0 Å². The topological polar surface area (TPSA) is 52.9 Å². The zero-order valence-electron chi connectivity index (χ0n) is 13.0. The average Bonchev–Trinajstić information content (AvgIpc) is 2.48. The van der Waals surface area contributed by atoms with Crippen molar-refractivity contribution < 1.29 is 28.1 Å². The number of piperidine rings is 1. The zero-order valence-corrected chi connectivity index (χ0v) is 13.0. The number of β-amino-alcohol motifs (C(OH)–C–C–N with tert-alkyl or cyclic N) is 2. The third-order valence-corrected chi connectivity index (χ3v) is 4.10. The summed E-state index contributed by atoms with van der Waals surface area (Å²) in [4.78, 5) is 1.90. The van der Waals surface area contributed by atoms with Crippen molar-refractivity contribution >= 4 is 0 Å². The van der Waals surface area contributed by atoms with Crippen LogP contribution in [0.25, 0.3) is 0 Å². The molecule has 1 saturated heterocycles. The van der Waals surface area contributed by atoms with Gasteiger partial charge in [0.1, 0.15) is 18.5 Å². The van der Waals surface area contributed by atoms with Gasteiger partial charge < -0.3 is 14.9 Å². The summed E-state index contributed by atoms with van der Waals surface area (Å²) in [6, 6.07) is 4.94. The second-order valence-corrected chi connectivity index (χ2v) is 6.05. The molecule has 0 amide bonds. The Morgan fingerprint density at radius 3 is 2.70 bits per heavy atom. The first-order chi connectivity index (χ1) is 10.8. The van der Waals surface area contributed by atoms with E-state index in [2.05, 4.69) is 0 Å². The number of benzene rings is 1. The van der Waals surface area contributed by atoms with E-state index in [-0.39, 0.29) is 24.8 Å². The molecule has 1 aliphatic heterocycles. The van der Waals surface area contributed by atoms with Gasteiger partial charge in [-0.05, 0) is 31.0 Å². The SMILES string of the molecule is CC1CCN(CC(O)COc2ccccc2C(F)(F)F)CC1O. The highest BCUT2D eigenvalue weighted by atomic mass is 19.4. The molecule has 3 atom stereocenters. The molecule has 0 aromatic heterocycles. The average molecular weight is 333 g/mol. The van der Waals surface area contributed by atoms with E-state index in [1.54, 1.807) is 0 Å². The van der Waals surface area contributed by atoms with Crippen molar-refractivity contribution in [3.8, 4) is 5.75 Å². The number of alkyl halides is 3. The van der Waals surface area contributed by atoms with Gasteiger partial charge in [0.15, 0.2) is 0 Å². The first-order valence-electron chi connectivity index (χ1n) is 7.65. The summed E-state index contributed by atoms with van der Waals surface area (Å²) in [5.74, 6) is -0.0651. The summed E-state index contributed by atoms with van der Waals surface area (Å²) < 4.78 is 43.7. The van der Waals surface area contributed by atoms with Crippen LogP contribution in [0, 0.1) is 5.92 Å². The van der Waals surface area contributed by atoms with Gasteiger partial charge in [-0.1, -0.05) is 19.1 Å². The van der Waals surface area contributed by atoms with Crippen LogP contribution in [0.1, 0.15) is 18.9 Å². The Morgan fingerprint density at radius 1 is 1.35 bits per heavy atom. The molecule has 2 N–H and O–H groups in total. The lowest BCUT2D eigenvalue weighted by atomic mass is 9.96. The Balaban J connectivity index is 1.87. The highest BCUT2D eigenvalue weighted by Gasteiger charge is 2.34. The van der Waals surface area contributed by atoms with Crippen molar-refractivity contribution in [1.82, 2.24) is 4.90 Å². The molecule has 1 aliphatic rings. The van der Waals surface area contributed by atoms with Gasteiger partial charge in [0.05, 0.1) is 11.7 Å². The molecule has 0 spiro atoms. The largest absolute Gasteiger partial charge is 0.490 e. The van der Waals surface area contributed by atoms with Gasteiger partial charge in [-0.3, -0.25) is 4.90 Å². The number of ether oxygens (including phenoxy) is 1. The maximum atomic E-state index is 12.8. The Morgan fingerprint density at radius 2 is 2.04 bits per heavy atom. The molecule has 23 heavy (non-hydrogen) atoms. The van der Waals surface area contributed by atoms with E-state index in [0.29, 0.717) is 6.54 Å². The Hall–Kier alpha value is -1.31. The van der Waals surface area contributed by atoms with Crippen LogP contribution in [0.4, 0.5) is 13.2 Å².